The van der Waals surface area contributed by atoms with Gasteiger partial charge in [0.05, 0.1) is 24.5 Å². The Morgan fingerprint density at radius 2 is 1.95 bits per heavy atom. The standard InChI is InChI=1S/C14H19NO5/c1-9-6-10(2)13(11(7-9)14(17)18)15-12(16)8-20-5-4-19-3/h6-7H,4-5,8H2,1-3H3,(H,15,16)(H,17,18). The lowest BCUT2D eigenvalue weighted by Crippen LogP contribution is -2.21. The number of carbonyl (C=O) groups excluding carboxylic acids is 1. The third-order valence-corrected chi connectivity index (χ3v) is 2.64. The van der Waals surface area contributed by atoms with Crippen molar-refractivity contribution in [1.29, 1.82) is 0 Å². The fourth-order valence-electron chi connectivity index (χ4n) is 1.78. The summed E-state index contributed by atoms with van der Waals surface area (Å²) in [6.45, 7) is 4.12. The Balaban J connectivity index is 2.76. The van der Waals surface area contributed by atoms with Gasteiger partial charge in [-0.05, 0) is 31.0 Å². The highest BCUT2D eigenvalue weighted by atomic mass is 16.5. The molecule has 0 atom stereocenters. The van der Waals surface area contributed by atoms with Gasteiger partial charge in [-0.15, -0.1) is 0 Å². The van der Waals surface area contributed by atoms with Crippen LogP contribution in [0.25, 0.3) is 0 Å². The predicted molar refractivity (Wildman–Crippen MR) is 74.2 cm³/mol. The van der Waals surface area contributed by atoms with Gasteiger partial charge < -0.3 is 19.9 Å². The maximum Gasteiger partial charge on any atom is 0.337 e. The molecule has 0 spiro atoms. The third kappa shape index (κ3) is 4.64. The minimum absolute atomic E-state index is 0.0766. The van der Waals surface area contributed by atoms with Crippen LogP contribution in [-0.2, 0) is 14.3 Å². The normalized spacial score (nSPS) is 10.3. The molecule has 1 aromatic carbocycles. The van der Waals surface area contributed by atoms with Crippen molar-refractivity contribution in [2.45, 2.75) is 13.8 Å². The van der Waals surface area contributed by atoms with Crippen LogP contribution in [0.1, 0.15) is 21.5 Å². The quantitative estimate of drug-likeness (QED) is 0.742. The number of ether oxygens (including phenoxy) is 2. The number of carboxylic acids is 1. The first-order valence-corrected chi connectivity index (χ1v) is 6.16. The average molecular weight is 281 g/mol. The molecule has 1 amide bonds. The first-order valence-electron chi connectivity index (χ1n) is 6.16. The van der Waals surface area contributed by atoms with Crippen LogP contribution in [0.3, 0.4) is 0 Å². The Morgan fingerprint density at radius 1 is 1.25 bits per heavy atom. The molecule has 20 heavy (non-hydrogen) atoms. The van der Waals surface area contributed by atoms with Gasteiger partial charge >= 0.3 is 5.97 Å². The number of anilines is 1. The fourth-order valence-corrected chi connectivity index (χ4v) is 1.78. The molecule has 2 N–H and O–H groups in total. The molecule has 0 heterocycles. The lowest BCUT2D eigenvalue weighted by molar-refractivity contribution is -0.121. The number of benzene rings is 1. The Labute approximate surface area is 117 Å². The Bertz CT molecular complexity index is 499. The molecule has 0 aliphatic heterocycles. The van der Waals surface area contributed by atoms with Crippen LogP contribution in [-0.4, -0.2) is 43.9 Å². The van der Waals surface area contributed by atoms with Crippen molar-refractivity contribution in [3.05, 3.63) is 28.8 Å². The summed E-state index contributed by atoms with van der Waals surface area (Å²) in [5, 5.41) is 11.8. The molecule has 0 aromatic heterocycles. The average Bonchev–Trinajstić information content (AvgIpc) is 2.37. The Morgan fingerprint density at radius 3 is 2.55 bits per heavy atom. The highest BCUT2D eigenvalue weighted by molar-refractivity contribution is 6.02. The molecule has 0 bridgehead atoms. The van der Waals surface area contributed by atoms with Gasteiger partial charge in [-0.1, -0.05) is 6.07 Å². The predicted octanol–water partition coefficient (Wildman–Crippen LogP) is 1.60. The number of methoxy groups -OCH3 is 1. The molecular weight excluding hydrogens is 262 g/mol. The molecular formula is C14H19NO5. The van der Waals surface area contributed by atoms with E-state index in [1.165, 1.54) is 13.2 Å². The number of amides is 1. The van der Waals surface area contributed by atoms with Crippen molar-refractivity contribution in [3.63, 3.8) is 0 Å². The Hall–Kier alpha value is -1.92. The summed E-state index contributed by atoms with van der Waals surface area (Å²) < 4.78 is 9.88. The van der Waals surface area contributed by atoms with Crippen molar-refractivity contribution in [2.75, 3.05) is 32.2 Å². The summed E-state index contributed by atoms with van der Waals surface area (Å²) in [7, 11) is 1.54. The van der Waals surface area contributed by atoms with E-state index in [1.54, 1.807) is 13.8 Å². The topological polar surface area (TPSA) is 84.9 Å². The van der Waals surface area contributed by atoms with E-state index in [-0.39, 0.29) is 12.2 Å². The van der Waals surface area contributed by atoms with Gasteiger partial charge in [-0.3, -0.25) is 4.79 Å². The number of rotatable bonds is 7. The van der Waals surface area contributed by atoms with Crippen LogP contribution in [0.2, 0.25) is 0 Å². The molecule has 6 nitrogen and oxygen atoms in total. The number of aryl methyl sites for hydroxylation is 2. The molecule has 0 aliphatic carbocycles. The van der Waals surface area contributed by atoms with Crippen LogP contribution >= 0.6 is 0 Å². The fraction of sp³-hybridized carbons (Fsp3) is 0.429. The third-order valence-electron chi connectivity index (χ3n) is 2.64. The smallest absolute Gasteiger partial charge is 0.337 e. The van der Waals surface area contributed by atoms with Crippen molar-refractivity contribution in [3.8, 4) is 0 Å². The van der Waals surface area contributed by atoms with Gasteiger partial charge in [-0.2, -0.15) is 0 Å². The van der Waals surface area contributed by atoms with Gasteiger partial charge in [0.2, 0.25) is 5.91 Å². The second-order valence-corrected chi connectivity index (χ2v) is 4.40. The van der Waals surface area contributed by atoms with Crippen LogP contribution in [0, 0.1) is 13.8 Å². The van der Waals surface area contributed by atoms with Gasteiger partial charge in [-0.25, -0.2) is 4.79 Å². The summed E-state index contributed by atoms with van der Waals surface area (Å²) >= 11 is 0. The van der Waals surface area contributed by atoms with Crippen molar-refractivity contribution < 1.29 is 24.2 Å². The molecule has 1 aromatic rings. The number of nitrogens with one attached hydrogen (secondary N) is 1. The molecule has 0 fully saturated rings. The largest absolute Gasteiger partial charge is 0.478 e. The number of carboxylic acid groups (broad SMARTS) is 1. The first kappa shape index (κ1) is 16.1. The zero-order valence-corrected chi connectivity index (χ0v) is 11.9. The van der Waals surface area contributed by atoms with Crippen LogP contribution in [0.5, 0.6) is 0 Å². The minimum atomic E-state index is -1.08. The second-order valence-electron chi connectivity index (χ2n) is 4.40. The molecule has 6 heteroatoms. The number of hydrogen-bond donors (Lipinski definition) is 2. The Kier molecular flexibility index (Phi) is 6.14. The van der Waals surface area contributed by atoms with E-state index in [2.05, 4.69) is 5.32 Å². The summed E-state index contributed by atoms with van der Waals surface area (Å²) in [6.07, 6.45) is 0. The van der Waals surface area contributed by atoms with Crippen molar-refractivity contribution >= 4 is 17.6 Å². The van der Waals surface area contributed by atoms with Crippen LogP contribution in [0.15, 0.2) is 12.1 Å². The first-order chi connectivity index (χ1) is 9.45. The second kappa shape index (κ2) is 7.62. The van der Waals surface area contributed by atoms with Gasteiger partial charge in [0, 0.05) is 7.11 Å². The molecule has 0 unspecified atom stereocenters. The maximum atomic E-state index is 11.7. The molecule has 0 aliphatic rings. The molecule has 0 saturated heterocycles. The van der Waals surface area contributed by atoms with Gasteiger partial charge in [0.1, 0.15) is 6.61 Å². The van der Waals surface area contributed by atoms with Crippen molar-refractivity contribution in [1.82, 2.24) is 0 Å². The molecule has 0 saturated carbocycles. The van der Waals surface area contributed by atoms with Crippen molar-refractivity contribution in [2.24, 2.45) is 0 Å². The zero-order chi connectivity index (χ0) is 15.1. The lowest BCUT2D eigenvalue weighted by atomic mass is 10.0. The molecule has 110 valence electrons. The molecule has 0 radical (unpaired) electrons. The SMILES string of the molecule is COCCOCC(=O)Nc1c(C)cc(C)cc1C(=O)O. The van der Waals surface area contributed by atoms with E-state index in [0.717, 1.165) is 5.56 Å². The van der Waals surface area contributed by atoms with E-state index in [4.69, 9.17) is 9.47 Å². The minimum Gasteiger partial charge on any atom is -0.478 e. The van der Waals surface area contributed by atoms with Gasteiger partial charge in [0.25, 0.3) is 0 Å². The van der Waals surface area contributed by atoms with Crippen LogP contribution in [0.4, 0.5) is 5.69 Å². The highest BCUT2D eigenvalue weighted by Gasteiger charge is 2.15. The van der Waals surface area contributed by atoms with E-state index in [0.29, 0.717) is 24.5 Å². The maximum absolute atomic E-state index is 11.7. The van der Waals surface area contributed by atoms with E-state index < -0.39 is 11.9 Å². The summed E-state index contributed by atoms with van der Waals surface area (Å²) in [5.74, 6) is -1.47. The van der Waals surface area contributed by atoms with E-state index in [1.807, 2.05) is 6.07 Å². The van der Waals surface area contributed by atoms with E-state index in [9.17, 15) is 14.7 Å². The van der Waals surface area contributed by atoms with Gasteiger partial charge in [0.15, 0.2) is 0 Å². The number of hydrogen-bond acceptors (Lipinski definition) is 4. The highest BCUT2D eigenvalue weighted by Crippen LogP contribution is 2.22. The van der Waals surface area contributed by atoms with E-state index >= 15 is 0 Å². The van der Waals surface area contributed by atoms with Crippen LogP contribution < -0.4 is 5.32 Å². The zero-order valence-electron chi connectivity index (χ0n) is 11.9. The summed E-state index contributed by atoms with van der Waals surface area (Å²) in [6, 6.07) is 3.34. The number of carbonyl (C=O) groups is 2. The lowest BCUT2D eigenvalue weighted by Gasteiger charge is -2.13. The number of aromatic carboxylic acids is 1. The monoisotopic (exact) mass is 281 g/mol. The summed E-state index contributed by atoms with van der Waals surface area (Å²) in [5.41, 5.74) is 1.91. The molecule has 1 rings (SSSR count). The summed E-state index contributed by atoms with van der Waals surface area (Å²) in [4.78, 5) is 22.9.